The standard InChI is InChI=1S/C20H22N4O3S/c1-28(2,27)23-16-6-4-3-5-15(16)21-19(25)14-9-10-18-17(11-14)22-20(26)24(18)12-13-7-8-13/h3-6,9-11,13H,7-8,12H2,1-2H3,(H,21,25)(H,22,26). The second-order valence-electron chi connectivity index (χ2n) is 7.46. The molecule has 1 heterocycles. The van der Waals surface area contributed by atoms with Crippen molar-refractivity contribution in [3.8, 4) is 0 Å². The number of amides is 1. The maximum Gasteiger partial charge on any atom is 0.326 e. The summed E-state index contributed by atoms with van der Waals surface area (Å²) in [5.74, 6) is 0.256. The third-order valence-electron chi connectivity index (χ3n) is 4.64. The van der Waals surface area contributed by atoms with Crippen LogP contribution < -0.4 is 11.0 Å². The lowest BCUT2D eigenvalue weighted by atomic mass is 10.1. The van der Waals surface area contributed by atoms with Gasteiger partial charge in [-0.25, -0.2) is 9.00 Å². The summed E-state index contributed by atoms with van der Waals surface area (Å²) >= 11 is 0. The number of imidazole rings is 1. The summed E-state index contributed by atoms with van der Waals surface area (Å²) in [6.45, 7) is 0.715. The Kier molecular flexibility index (Phi) is 4.58. The molecule has 0 radical (unpaired) electrons. The lowest BCUT2D eigenvalue weighted by molar-refractivity contribution is 0.102. The number of hydrogen-bond donors (Lipinski definition) is 2. The normalized spacial score (nSPS) is 14.2. The molecule has 3 aromatic rings. The summed E-state index contributed by atoms with van der Waals surface area (Å²) in [5.41, 5.74) is 2.68. The van der Waals surface area contributed by atoms with Gasteiger partial charge in [-0.05, 0) is 49.1 Å². The quantitative estimate of drug-likeness (QED) is 0.690. The molecule has 0 atom stereocenters. The van der Waals surface area contributed by atoms with E-state index in [0.29, 0.717) is 34.9 Å². The fraction of sp³-hybridized carbons (Fsp3) is 0.300. The topological polar surface area (TPSA) is 96.3 Å². The molecule has 4 rings (SSSR count). The number of H-pyrrole nitrogens is 1. The number of para-hydroxylation sites is 1. The van der Waals surface area contributed by atoms with Crippen molar-refractivity contribution < 1.29 is 9.00 Å². The Morgan fingerprint density at radius 1 is 1.25 bits per heavy atom. The van der Waals surface area contributed by atoms with Crippen molar-refractivity contribution in [1.29, 1.82) is 0 Å². The molecule has 28 heavy (non-hydrogen) atoms. The maximum absolute atomic E-state index is 12.7. The predicted octanol–water partition coefficient (Wildman–Crippen LogP) is 3.35. The molecule has 1 fully saturated rings. The predicted molar refractivity (Wildman–Crippen MR) is 112 cm³/mol. The molecule has 8 heteroatoms. The van der Waals surface area contributed by atoms with E-state index in [0.717, 1.165) is 18.4 Å². The van der Waals surface area contributed by atoms with Crippen LogP contribution >= 0.6 is 0 Å². The van der Waals surface area contributed by atoms with Gasteiger partial charge in [0.1, 0.15) is 0 Å². The average Bonchev–Trinajstić information content (AvgIpc) is 3.39. The van der Waals surface area contributed by atoms with Gasteiger partial charge in [0.2, 0.25) is 0 Å². The van der Waals surface area contributed by atoms with Gasteiger partial charge < -0.3 is 10.3 Å². The second kappa shape index (κ2) is 6.94. The van der Waals surface area contributed by atoms with Crippen LogP contribution in [-0.4, -0.2) is 32.2 Å². The number of rotatable bonds is 5. The zero-order valence-electron chi connectivity index (χ0n) is 15.8. The SMILES string of the molecule is CS(C)(=O)=Nc1ccccc1NC(=O)c1ccc2c(c1)[nH]c(=O)n2CC1CC1. The van der Waals surface area contributed by atoms with Gasteiger partial charge in [0, 0.05) is 34.3 Å². The van der Waals surface area contributed by atoms with E-state index in [9.17, 15) is 13.8 Å². The van der Waals surface area contributed by atoms with Gasteiger partial charge in [0.15, 0.2) is 0 Å². The number of carbonyl (C=O) groups is 1. The monoisotopic (exact) mass is 398 g/mol. The minimum Gasteiger partial charge on any atom is -0.320 e. The van der Waals surface area contributed by atoms with Crippen molar-refractivity contribution in [1.82, 2.24) is 9.55 Å². The molecule has 7 nitrogen and oxygen atoms in total. The Balaban J connectivity index is 1.63. The molecule has 1 aliphatic carbocycles. The van der Waals surface area contributed by atoms with Crippen LogP contribution in [0.25, 0.3) is 11.0 Å². The highest BCUT2D eigenvalue weighted by molar-refractivity contribution is 7.92. The summed E-state index contributed by atoms with van der Waals surface area (Å²) < 4.78 is 17.9. The van der Waals surface area contributed by atoms with E-state index >= 15 is 0 Å². The first kappa shape index (κ1) is 18.5. The van der Waals surface area contributed by atoms with Crippen molar-refractivity contribution in [2.75, 3.05) is 17.8 Å². The molecule has 1 saturated carbocycles. The summed E-state index contributed by atoms with van der Waals surface area (Å²) in [7, 11) is -2.35. The number of carbonyl (C=O) groups excluding carboxylic acids is 1. The van der Waals surface area contributed by atoms with Crippen LogP contribution in [-0.2, 0) is 16.3 Å². The smallest absolute Gasteiger partial charge is 0.320 e. The van der Waals surface area contributed by atoms with Gasteiger partial charge in [-0.1, -0.05) is 12.1 Å². The van der Waals surface area contributed by atoms with Crippen molar-refractivity contribution in [2.45, 2.75) is 19.4 Å². The van der Waals surface area contributed by atoms with Crippen molar-refractivity contribution in [3.05, 3.63) is 58.5 Å². The van der Waals surface area contributed by atoms with Crippen molar-refractivity contribution in [2.24, 2.45) is 10.3 Å². The van der Waals surface area contributed by atoms with E-state index in [-0.39, 0.29) is 11.6 Å². The van der Waals surface area contributed by atoms with Gasteiger partial charge in [-0.3, -0.25) is 9.36 Å². The van der Waals surface area contributed by atoms with Crippen LogP contribution in [0, 0.1) is 5.92 Å². The fourth-order valence-corrected chi connectivity index (χ4v) is 3.77. The van der Waals surface area contributed by atoms with Gasteiger partial charge in [0.05, 0.1) is 22.4 Å². The molecular weight excluding hydrogens is 376 g/mol. The Hall–Kier alpha value is -2.87. The van der Waals surface area contributed by atoms with Crippen LogP contribution in [0.4, 0.5) is 11.4 Å². The van der Waals surface area contributed by atoms with Crippen molar-refractivity contribution >= 4 is 38.0 Å². The average molecular weight is 398 g/mol. The molecule has 0 aliphatic heterocycles. The number of nitrogens with one attached hydrogen (secondary N) is 2. The lowest BCUT2D eigenvalue weighted by Crippen LogP contribution is -2.17. The molecule has 2 aromatic carbocycles. The molecule has 0 spiro atoms. The fourth-order valence-electron chi connectivity index (χ4n) is 3.14. The van der Waals surface area contributed by atoms with Gasteiger partial charge in [-0.2, -0.15) is 4.36 Å². The molecule has 0 saturated heterocycles. The highest BCUT2D eigenvalue weighted by Gasteiger charge is 2.23. The third kappa shape index (κ3) is 4.01. The number of anilines is 1. The van der Waals surface area contributed by atoms with Crippen molar-refractivity contribution in [3.63, 3.8) is 0 Å². The number of aromatic amines is 1. The third-order valence-corrected chi connectivity index (χ3v) is 5.28. The first-order chi connectivity index (χ1) is 13.3. The molecular formula is C20H22N4O3S. The molecule has 0 unspecified atom stereocenters. The van der Waals surface area contributed by atoms with Gasteiger partial charge >= 0.3 is 5.69 Å². The zero-order chi connectivity index (χ0) is 19.9. The maximum atomic E-state index is 12.7. The highest BCUT2D eigenvalue weighted by atomic mass is 32.2. The van der Waals surface area contributed by atoms with E-state index in [1.807, 2.05) is 0 Å². The number of aromatic nitrogens is 2. The van der Waals surface area contributed by atoms with E-state index in [2.05, 4.69) is 14.7 Å². The van der Waals surface area contributed by atoms with E-state index in [4.69, 9.17) is 0 Å². The zero-order valence-corrected chi connectivity index (χ0v) is 16.6. The summed E-state index contributed by atoms with van der Waals surface area (Å²) in [6.07, 6.45) is 5.40. The summed E-state index contributed by atoms with van der Waals surface area (Å²) in [6, 6.07) is 12.2. The van der Waals surface area contributed by atoms with Crippen LogP contribution in [0.15, 0.2) is 51.6 Å². The van der Waals surface area contributed by atoms with Crippen LogP contribution in [0.5, 0.6) is 0 Å². The molecule has 1 amide bonds. The van der Waals surface area contributed by atoms with Crippen LogP contribution in [0.3, 0.4) is 0 Å². The van der Waals surface area contributed by atoms with Crippen LogP contribution in [0.2, 0.25) is 0 Å². The number of nitrogens with zero attached hydrogens (tertiary/aromatic N) is 2. The van der Waals surface area contributed by atoms with E-state index in [1.54, 1.807) is 59.5 Å². The van der Waals surface area contributed by atoms with E-state index in [1.165, 1.54) is 0 Å². The Bertz CT molecular complexity index is 1240. The van der Waals surface area contributed by atoms with Crippen LogP contribution in [0.1, 0.15) is 23.2 Å². The summed E-state index contributed by atoms with van der Waals surface area (Å²) in [5, 5.41) is 2.82. The number of benzene rings is 2. The Morgan fingerprint density at radius 3 is 2.71 bits per heavy atom. The minimum atomic E-state index is -2.35. The highest BCUT2D eigenvalue weighted by Crippen LogP contribution is 2.31. The Labute approximate surface area is 163 Å². The first-order valence-corrected chi connectivity index (χ1v) is 11.4. The minimum absolute atomic E-state index is 0.149. The summed E-state index contributed by atoms with van der Waals surface area (Å²) in [4.78, 5) is 27.8. The van der Waals surface area contributed by atoms with Gasteiger partial charge in [0.25, 0.3) is 5.91 Å². The Morgan fingerprint density at radius 2 is 2.00 bits per heavy atom. The molecule has 1 aromatic heterocycles. The second-order valence-corrected chi connectivity index (χ2v) is 10.0. The number of fused-ring (bicyclic) bond motifs is 1. The first-order valence-electron chi connectivity index (χ1n) is 9.10. The van der Waals surface area contributed by atoms with Gasteiger partial charge in [-0.15, -0.1) is 0 Å². The molecule has 1 aliphatic rings. The van der Waals surface area contributed by atoms with E-state index < -0.39 is 9.73 Å². The molecule has 0 bridgehead atoms. The number of hydrogen-bond acceptors (Lipinski definition) is 4. The largest absolute Gasteiger partial charge is 0.326 e. The lowest BCUT2D eigenvalue weighted by Gasteiger charge is -2.09. The molecule has 2 N–H and O–H groups in total. The molecule has 146 valence electrons.